The summed E-state index contributed by atoms with van der Waals surface area (Å²) in [5, 5.41) is 0. The number of benzene rings is 1. The maximum atomic E-state index is 11.6. The van der Waals surface area contributed by atoms with Crippen LogP contribution in [0.1, 0.15) is 5.56 Å². The number of nitrogens with one attached hydrogen (secondary N) is 1. The average Bonchev–Trinajstić information content (AvgIpc) is 2.15. The summed E-state index contributed by atoms with van der Waals surface area (Å²) in [6.45, 7) is 1.91. The van der Waals surface area contributed by atoms with Crippen LogP contribution in [0.15, 0.2) is 39.9 Å². The molecule has 16 heavy (non-hydrogen) atoms. The van der Waals surface area contributed by atoms with Crippen LogP contribution in [0.25, 0.3) is 5.69 Å². The minimum absolute atomic E-state index is 0.124. The Morgan fingerprint density at radius 3 is 2.62 bits per heavy atom. The van der Waals surface area contributed by atoms with Gasteiger partial charge in [-0.15, -0.1) is 0 Å². The second kappa shape index (κ2) is 3.69. The summed E-state index contributed by atoms with van der Waals surface area (Å²) in [5.74, 6) is 0.124. The van der Waals surface area contributed by atoms with Crippen LogP contribution in [0.3, 0.4) is 0 Å². The first kappa shape index (κ1) is 10.2. The maximum Gasteiger partial charge on any atom is 0.334 e. The Bertz CT molecular complexity index is 640. The van der Waals surface area contributed by atoms with Crippen molar-refractivity contribution >= 4 is 5.82 Å². The normalized spacial score (nSPS) is 10.3. The highest BCUT2D eigenvalue weighted by molar-refractivity contribution is 5.43. The molecule has 3 N–H and O–H groups in total. The first-order valence-electron chi connectivity index (χ1n) is 4.77. The predicted molar refractivity (Wildman–Crippen MR) is 61.8 cm³/mol. The van der Waals surface area contributed by atoms with Crippen LogP contribution in [0.2, 0.25) is 0 Å². The molecule has 2 aromatic rings. The topological polar surface area (TPSA) is 80.9 Å². The van der Waals surface area contributed by atoms with E-state index in [9.17, 15) is 9.59 Å². The quantitative estimate of drug-likeness (QED) is 0.726. The number of aryl methyl sites for hydroxylation is 1. The van der Waals surface area contributed by atoms with Gasteiger partial charge in [-0.2, -0.15) is 0 Å². The number of rotatable bonds is 1. The Balaban J connectivity index is 2.74. The van der Waals surface area contributed by atoms with Crippen LogP contribution < -0.4 is 17.0 Å². The van der Waals surface area contributed by atoms with E-state index in [1.165, 1.54) is 10.6 Å². The summed E-state index contributed by atoms with van der Waals surface area (Å²) in [7, 11) is 0. The van der Waals surface area contributed by atoms with Gasteiger partial charge in [-0.05, 0) is 24.6 Å². The van der Waals surface area contributed by atoms with E-state index in [0.717, 1.165) is 5.56 Å². The van der Waals surface area contributed by atoms with Gasteiger partial charge < -0.3 is 5.73 Å². The van der Waals surface area contributed by atoms with Gasteiger partial charge in [0.2, 0.25) is 0 Å². The first-order valence-corrected chi connectivity index (χ1v) is 4.77. The van der Waals surface area contributed by atoms with Crippen molar-refractivity contribution in [1.29, 1.82) is 0 Å². The number of H-pyrrole nitrogens is 1. The molecule has 0 aliphatic rings. The van der Waals surface area contributed by atoms with E-state index in [-0.39, 0.29) is 5.82 Å². The molecule has 0 radical (unpaired) electrons. The molecule has 0 fully saturated rings. The van der Waals surface area contributed by atoms with E-state index < -0.39 is 11.2 Å². The van der Waals surface area contributed by atoms with Crippen molar-refractivity contribution in [3.05, 3.63) is 56.7 Å². The molecule has 1 aromatic carbocycles. The maximum absolute atomic E-state index is 11.6. The van der Waals surface area contributed by atoms with Gasteiger partial charge >= 0.3 is 5.69 Å². The van der Waals surface area contributed by atoms with Gasteiger partial charge in [0.05, 0.1) is 5.69 Å². The van der Waals surface area contributed by atoms with Gasteiger partial charge in [0.25, 0.3) is 5.56 Å². The second-order valence-electron chi connectivity index (χ2n) is 3.54. The van der Waals surface area contributed by atoms with E-state index >= 15 is 0 Å². The molecule has 0 saturated heterocycles. The van der Waals surface area contributed by atoms with Gasteiger partial charge in [0, 0.05) is 6.07 Å². The molecule has 82 valence electrons. The Hall–Kier alpha value is -2.30. The highest BCUT2D eigenvalue weighted by atomic mass is 16.2. The Labute approximate surface area is 91.2 Å². The third-order valence-electron chi connectivity index (χ3n) is 2.23. The van der Waals surface area contributed by atoms with Gasteiger partial charge in [-0.25, -0.2) is 9.36 Å². The molecule has 1 aromatic heterocycles. The van der Waals surface area contributed by atoms with Crippen molar-refractivity contribution in [2.24, 2.45) is 0 Å². The Kier molecular flexibility index (Phi) is 2.36. The SMILES string of the molecule is Cc1cccc(-n2c(N)cc(=O)[nH]c2=O)c1. The summed E-state index contributed by atoms with van der Waals surface area (Å²) in [6, 6.07) is 8.49. The van der Waals surface area contributed by atoms with Crippen LogP contribution in [-0.4, -0.2) is 9.55 Å². The van der Waals surface area contributed by atoms with E-state index in [4.69, 9.17) is 5.73 Å². The van der Waals surface area contributed by atoms with Crippen molar-refractivity contribution in [3.63, 3.8) is 0 Å². The number of anilines is 1. The minimum Gasteiger partial charge on any atom is -0.385 e. The monoisotopic (exact) mass is 217 g/mol. The van der Waals surface area contributed by atoms with Crippen LogP contribution >= 0.6 is 0 Å². The van der Waals surface area contributed by atoms with Gasteiger partial charge in [0.1, 0.15) is 5.82 Å². The number of aromatic nitrogens is 2. The number of nitrogen functional groups attached to an aromatic ring is 1. The van der Waals surface area contributed by atoms with Gasteiger partial charge in [-0.3, -0.25) is 9.78 Å². The average molecular weight is 217 g/mol. The van der Waals surface area contributed by atoms with Crippen LogP contribution in [-0.2, 0) is 0 Å². The number of hydrogen-bond donors (Lipinski definition) is 2. The first-order chi connectivity index (χ1) is 7.58. The van der Waals surface area contributed by atoms with Crippen molar-refractivity contribution < 1.29 is 0 Å². The summed E-state index contributed by atoms with van der Waals surface area (Å²) in [5.41, 5.74) is 6.27. The third kappa shape index (κ3) is 1.75. The summed E-state index contributed by atoms with van der Waals surface area (Å²) in [6.07, 6.45) is 0. The number of nitrogens with two attached hydrogens (primary N) is 1. The van der Waals surface area contributed by atoms with Crippen molar-refractivity contribution in [1.82, 2.24) is 9.55 Å². The molecule has 0 spiro atoms. The fraction of sp³-hybridized carbons (Fsp3) is 0.0909. The molecule has 0 aliphatic heterocycles. The van der Waals surface area contributed by atoms with E-state index in [2.05, 4.69) is 4.98 Å². The van der Waals surface area contributed by atoms with Crippen molar-refractivity contribution in [3.8, 4) is 5.69 Å². The van der Waals surface area contributed by atoms with E-state index in [1.54, 1.807) is 6.07 Å². The molecular weight excluding hydrogens is 206 g/mol. The number of nitrogens with zero attached hydrogens (tertiary/aromatic N) is 1. The number of aromatic amines is 1. The van der Waals surface area contributed by atoms with Gasteiger partial charge in [-0.1, -0.05) is 12.1 Å². The smallest absolute Gasteiger partial charge is 0.334 e. The molecule has 0 saturated carbocycles. The third-order valence-corrected chi connectivity index (χ3v) is 2.23. The lowest BCUT2D eigenvalue weighted by molar-refractivity contribution is 0.907. The molecular formula is C11H11N3O2. The highest BCUT2D eigenvalue weighted by Crippen LogP contribution is 2.10. The summed E-state index contributed by atoms with van der Waals surface area (Å²) >= 11 is 0. The molecule has 2 rings (SSSR count). The lowest BCUT2D eigenvalue weighted by Crippen LogP contribution is -2.30. The molecule has 0 aliphatic carbocycles. The molecule has 0 amide bonds. The van der Waals surface area contributed by atoms with E-state index in [1.807, 2.05) is 25.1 Å². The lowest BCUT2D eigenvalue weighted by atomic mass is 10.2. The molecule has 1 heterocycles. The minimum atomic E-state index is -0.532. The molecule has 0 unspecified atom stereocenters. The predicted octanol–water partition coefficient (Wildman–Crippen LogP) is 0.416. The zero-order valence-corrected chi connectivity index (χ0v) is 8.73. The fourth-order valence-electron chi connectivity index (χ4n) is 1.55. The standard InChI is InChI=1S/C11H11N3O2/c1-7-3-2-4-8(5-7)14-9(12)6-10(15)13-11(14)16/h2-6H,12H2,1H3,(H,13,15,16). The number of hydrogen-bond acceptors (Lipinski definition) is 3. The Morgan fingerprint density at radius 2 is 2.00 bits per heavy atom. The molecule has 0 bridgehead atoms. The molecule has 0 atom stereocenters. The van der Waals surface area contributed by atoms with Gasteiger partial charge in [0.15, 0.2) is 0 Å². The highest BCUT2D eigenvalue weighted by Gasteiger charge is 2.04. The largest absolute Gasteiger partial charge is 0.385 e. The summed E-state index contributed by atoms with van der Waals surface area (Å²) in [4.78, 5) is 24.8. The summed E-state index contributed by atoms with van der Waals surface area (Å²) < 4.78 is 1.26. The molecule has 5 nitrogen and oxygen atoms in total. The fourth-order valence-corrected chi connectivity index (χ4v) is 1.55. The lowest BCUT2D eigenvalue weighted by Gasteiger charge is -2.08. The van der Waals surface area contributed by atoms with Crippen molar-refractivity contribution in [2.45, 2.75) is 6.92 Å². The van der Waals surface area contributed by atoms with Crippen LogP contribution in [0.4, 0.5) is 5.82 Å². The second-order valence-corrected chi connectivity index (χ2v) is 3.54. The Morgan fingerprint density at radius 1 is 1.25 bits per heavy atom. The zero-order chi connectivity index (χ0) is 11.7. The van der Waals surface area contributed by atoms with Crippen LogP contribution in [0.5, 0.6) is 0 Å². The van der Waals surface area contributed by atoms with E-state index in [0.29, 0.717) is 5.69 Å². The zero-order valence-electron chi connectivity index (χ0n) is 8.73. The molecule has 5 heteroatoms. The van der Waals surface area contributed by atoms with Crippen LogP contribution in [0, 0.1) is 6.92 Å². The van der Waals surface area contributed by atoms with Crippen molar-refractivity contribution in [2.75, 3.05) is 5.73 Å².